The van der Waals surface area contributed by atoms with E-state index in [4.69, 9.17) is 16.2 Å². The predicted molar refractivity (Wildman–Crippen MR) is 49.9 cm³/mol. The van der Waals surface area contributed by atoms with Gasteiger partial charge in [-0.05, 0) is 24.1 Å². The highest BCUT2D eigenvalue weighted by Crippen LogP contribution is 2.08. The van der Waals surface area contributed by atoms with Crippen LogP contribution in [-0.4, -0.2) is 14.6 Å². The van der Waals surface area contributed by atoms with Crippen LogP contribution in [0.15, 0.2) is 29.2 Å². The van der Waals surface area contributed by atoms with Gasteiger partial charge in [-0.2, -0.15) is 0 Å². The zero-order valence-corrected chi connectivity index (χ0v) is 7.94. The summed E-state index contributed by atoms with van der Waals surface area (Å²) in [5.74, 6) is 0.571. The number of aryl methyl sites for hydroxylation is 1. The van der Waals surface area contributed by atoms with Crippen molar-refractivity contribution < 1.29 is 8.76 Å². The molecule has 0 aliphatic carbocycles. The normalized spacial score (nSPS) is 12.8. The SMILES string of the molecule is O=S(O)c1ccc(CCCl)cc1. The zero-order valence-electron chi connectivity index (χ0n) is 6.37. The molecule has 0 saturated carbocycles. The minimum atomic E-state index is -1.87. The van der Waals surface area contributed by atoms with Gasteiger partial charge in [-0.1, -0.05) is 12.1 Å². The van der Waals surface area contributed by atoms with Crippen molar-refractivity contribution >= 4 is 22.7 Å². The van der Waals surface area contributed by atoms with Gasteiger partial charge in [0.05, 0.1) is 4.90 Å². The second-order valence-electron chi connectivity index (χ2n) is 2.33. The van der Waals surface area contributed by atoms with Gasteiger partial charge in [-0.3, -0.25) is 0 Å². The van der Waals surface area contributed by atoms with Crippen molar-refractivity contribution in [2.45, 2.75) is 11.3 Å². The number of hydrogen-bond acceptors (Lipinski definition) is 1. The first kappa shape index (κ1) is 9.71. The van der Waals surface area contributed by atoms with Crippen LogP contribution < -0.4 is 0 Å². The maximum absolute atomic E-state index is 10.6. The average Bonchev–Trinajstić information content (AvgIpc) is 2.06. The highest BCUT2D eigenvalue weighted by Gasteiger charge is 1.98. The zero-order chi connectivity index (χ0) is 8.97. The lowest BCUT2D eigenvalue weighted by Gasteiger charge is -1.98. The smallest absolute Gasteiger partial charge is 0.186 e. The first-order chi connectivity index (χ1) is 5.74. The molecular formula is C8H9ClO2S. The summed E-state index contributed by atoms with van der Waals surface area (Å²) in [5.41, 5.74) is 1.08. The minimum absolute atomic E-state index is 0.424. The van der Waals surface area contributed by atoms with Crippen LogP contribution in [0.5, 0.6) is 0 Å². The van der Waals surface area contributed by atoms with Crippen molar-refractivity contribution in [3.05, 3.63) is 29.8 Å². The van der Waals surface area contributed by atoms with Gasteiger partial charge in [-0.15, -0.1) is 11.6 Å². The molecule has 1 aromatic rings. The molecule has 0 amide bonds. The monoisotopic (exact) mass is 204 g/mol. The maximum Gasteiger partial charge on any atom is 0.186 e. The molecule has 1 unspecified atom stereocenters. The molecule has 0 radical (unpaired) electrons. The topological polar surface area (TPSA) is 37.3 Å². The predicted octanol–water partition coefficient (Wildman–Crippen LogP) is 2.05. The van der Waals surface area contributed by atoms with Crippen molar-refractivity contribution in [3.8, 4) is 0 Å². The van der Waals surface area contributed by atoms with Gasteiger partial charge in [0.2, 0.25) is 0 Å². The van der Waals surface area contributed by atoms with Gasteiger partial charge >= 0.3 is 0 Å². The third-order valence-corrected chi connectivity index (χ3v) is 2.37. The Morgan fingerprint density at radius 1 is 1.33 bits per heavy atom. The lowest BCUT2D eigenvalue weighted by molar-refractivity contribution is 0.564. The maximum atomic E-state index is 10.6. The van der Waals surface area contributed by atoms with Gasteiger partial charge < -0.3 is 4.55 Å². The largest absolute Gasteiger partial charge is 0.302 e. The molecular weight excluding hydrogens is 196 g/mol. The fourth-order valence-corrected chi connectivity index (χ4v) is 1.47. The lowest BCUT2D eigenvalue weighted by Crippen LogP contribution is -1.90. The van der Waals surface area contributed by atoms with Gasteiger partial charge in [0.15, 0.2) is 11.1 Å². The molecule has 66 valence electrons. The van der Waals surface area contributed by atoms with Crippen molar-refractivity contribution in [1.82, 2.24) is 0 Å². The standard InChI is InChI=1S/C8H9ClO2S/c9-6-5-7-1-3-8(4-2-7)12(10)11/h1-4H,5-6H2,(H,10,11). The first-order valence-corrected chi connectivity index (χ1v) is 5.14. The quantitative estimate of drug-likeness (QED) is 0.605. The summed E-state index contributed by atoms with van der Waals surface area (Å²) in [7, 11) is 0. The fourth-order valence-electron chi connectivity index (χ4n) is 0.882. The Kier molecular flexibility index (Phi) is 3.72. The summed E-state index contributed by atoms with van der Waals surface area (Å²) in [6.07, 6.45) is 0.792. The number of alkyl halides is 1. The van der Waals surface area contributed by atoms with E-state index in [9.17, 15) is 4.21 Å². The third kappa shape index (κ3) is 2.59. The molecule has 4 heteroatoms. The van der Waals surface area contributed by atoms with Gasteiger partial charge in [-0.25, -0.2) is 4.21 Å². The second-order valence-corrected chi connectivity index (χ2v) is 3.68. The fraction of sp³-hybridized carbons (Fsp3) is 0.250. The van der Waals surface area contributed by atoms with Gasteiger partial charge in [0.1, 0.15) is 0 Å². The van der Waals surface area contributed by atoms with E-state index in [0.717, 1.165) is 12.0 Å². The molecule has 0 aliphatic heterocycles. The Bertz CT molecular complexity index is 271. The summed E-state index contributed by atoms with van der Waals surface area (Å²) >= 11 is 3.65. The summed E-state index contributed by atoms with van der Waals surface area (Å²) in [5, 5.41) is 0. The molecule has 1 rings (SSSR count). The molecule has 0 aliphatic rings. The number of rotatable bonds is 3. The van der Waals surface area contributed by atoms with Crippen molar-refractivity contribution in [2.75, 3.05) is 5.88 Å². The number of benzene rings is 1. The number of hydrogen-bond donors (Lipinski definition) is 1. The van der Waals surface area contributed by atoms with Crippen molar-refractivity contribution in [3.63, 3.8) is 0 Å². The van der Waals surface area contributed by atoms with Crippen LogP contribution in [-0.2, 0) is 17.5 Å². The van der Waals surface area contributed by atoms with E-state index in [0.29, 0.717) is 10.8 Å². The highest BCUT2D eigenvalue weighted by atomic mass is 35.5. The second kappa shape index (κ2) is 4.60. The molecule has 2 nitrogen and oxygen atoms in total. The molecule has 0 aromatic heterocycles. The summed E-state index contributed by atoms with van der Waals surface area (Å²) < 4.78 is 19.2. The van der Waals surface area contributed by atoms with E-state index >= 15 is 0 Å². The third-order valence-electron chi connectivity index (χ3n) is 1.51. The highest BCUT2D eigenvalue weighted by molar-refractivity contribution is 7.79. The Morgan fingerprint density at radius 3 is 2.33 bits per heavy atom. The van der Waals surface area contributed by atoms with Crippen LogP contribution in [0.25, 0.3) is 0 Å². The van der Waals surface area contributed by atoms with Gasteiger partial charge in [0, 0.05) is 5.88 Å². The van der Waals surface area contributed by atoms with E-state index < -0.39 is 11.1 Å². The first-order valence-electron chi connectivity index (χ1n) is 3.50. The van der Waals surface area contributed by atoms with Crippen molar-refractivity contribution in [1.29, 1.82) is 0 Å². The summed E-state index contributed by atoms with van der Waals surface area (Å²) in [4.78, 5) is 0.424. The Hall–Kier alpha value is -0.380. The molecule has 0 bridgehead atoms. The average molecular weight is 205 g/mol. The Morgan fingerprint density at radius 2 is 1.92 bits per heavy atom. The molecule has 0 saturated heterocycles. The minimum Gasteiger partial charge on any atom is -0.302 e. The molecule has 0 fully saturated rings. The summed E-state index contributed by atoms with van der Waals surface area (Å²) in [6.45, 7) is 0. The van der Waals surface area contributed by atoms with E-state index in [1.807, 2.05) is 12.1 Å². The molecule has 1 atom stereocenters. The number of halogens is 1. The van der Waals surface area contributed by atoms with Crippen LogP contribution in [0, 0.1) is 0 Å². The lowest BCUT2D eigenvalue weighted by atomic mass is 10.2. The van der Waals surface area contributed by atoms with E-state index in [1.165, 1.54) is 0 Å². The summed E-state index contributed by atoms with van der Waals surface area (Å²) in [6, 6.07) is 6.90. The Labute approximate surface area is 78.8 Å². The van der Waals surface area contributed by atoms with E-state index in [1.54, 1.807) is 12.1 Å². The van der Waals surface area contributed by atoms with Gasteiger partial charge in [0.25, 0.3) is 0 Å². The molecule has 12 heavy (non-hydrogen) atoms. The molecule has 1 aromatic carbocycles. The molecule has 1 N–H and O–H groups in total. The molecule has 0 heterocycles. The van der Waals surface area contributed by atoms with Crippen LogP contribution in [0.2, 0.25) is 0 Å². The van der Waals surface area contributed by atoms with Crippen LogP contribution in [0.4, 0.5) is 0 Å². The van der Waals surface area contributed by atoms with Crippen LogP contribution in [0.1, 0.15) is 5.56 Å². The van der Waals surface area contributed by atoms with E-state index in [2.05, 4.69) is 0 Å². The Balaban J connectivity index is 2.78. The van der Waals surface area contributed by atoms with Crippen molar-refractivity contribution in [2.24, 2.45) is 0 Å². The van der Waals surface area contributed by atoms with E-state index in [-0.39, 0.29) is 0 Å². The van der Waals surface area contributed by atoms with Crippen LogP contribution >= 0.6 is 11.6 Å². The molecule has 0 spiro atoms. The van der Waals surface area contributed by atoms with Crippen LogP contribution in [0.3, 0.4) is 0 Å².